The van der Waals surface area contributed by atoms with Crippen LogP contribution in [0.25, 0.3) is 0 Å². The number of nitrogens with zero attached hydrogens (tertiary/aromatic N) is 3. The lowest BCUT2D eigenvalue weighted by Gasteiger charge is -2.47. The average molecular weight is 379 g/mol. The Labute approximate surface area is 159 Å². The minimum Gasteiger partial charge on any atom is -0.483 e. The zero-order valence-electron chi connectivity index (χ0n) is 16.2. The molecule has 8 nitrogen and oxygen atoms in total. The maximum Gasteiger partial charge on any atom is 0.290 e. The van der Waals surface area contributed by atoms with E-state index in [-0.39, 0.29) is 23.6 Å². The zero-order chi connectivity index (χ0) is 20.2. The Hall–Kier alpha value is -2.19. The molecule has 0 saturated carbocycles. The van der Waals surface area contributed by atoms with Gasteiger partial charge in [-0.3, -0.25) is 19.3 Å². The van der Waals surface area contributed by atoms with E-state index < -0.39 is 6.10 Å². The van der Waals surface area contributed by atoms with Crippen molar-refractivity contribution in [2.75, 3.05) is 26.7 Å². The van der Waals surface area contributed by atoms with E-state index in [9.17, 15) is 14.7 Å². The quantitative estimate of drug-likeness (QED) is 0.593. The minimum absolute atomic E-state index is 0.0827. The highest BCUT2D eigenvalue weighted by atomic mass is 16.3. The summed E-state index contributed by atoms with van der Waals surface area (Å²) in [7, 11) is 3.75. The number of amides is 1. The van der Waals surface area contributed by atoms with Crippen LogP contribution in [0.3, 0.4) is 0 Å². The predicted octanol–water partition coefficient (Wildman–Crippen LogP) is 0.734. The Balaban J connectivity index is 0.000000817. The number of hydrogen-bond donors (Lipinski definition) is 2. The van der Waals surface area contributed by atoms with Gasteiger partial charge in [0, 0.05) is 44.6 Å². The van der Waals surface area contributed by atoms with Gasteiger partial charge in [0.1, 0.15) is 0 Å². The Morgan fingerprint density at radius 1 is 1.33 bits per heavy atom. The third-order valence-corrected chi connectivity index (χ3v) is 5.62. The van der Waals surface area contributed by atoms with E-state index in [1.807, 2.05) is 23.9 Å². The van der Waals surface area contributed by atoms with Gasteiger partial charge in [0.15, 0.2) is 5.78 Å². The molecular weight excluding hydrogens is 350 g/mol. The number of piperidine rings is 2. The van der Waals surface area contributed by atoms with Gasteiger partial charge in [-0.1, -0.05) is 0 Å². The highest BCUT2D eigenvalue weighted by molar-refractivity contribution is 5.94. The van der Waals surface area contributed by atoms with Crippen molar-refractivity contribution in [3.63, 3.8) is 0 Å². The summed E-state index contributed by atoms with van der Waals surface area (Å²) >= 11 is 0. The summed E-state index contributed by atoms with van der Waals surface area (Å²) in [6.07, 6.45) is 3.63. The largest absolute Gasteiger partial charge is 0.483 e. The summed E-state index contributed by atoms with van der Waals surface area (Å²) in [5.41, 5.74) is 1.47. The summed E-state index contributed by atoms with van der Waals surface area (Å²) in [6.45, 7) is 4.24. The van der Waals surface area contributed by atoms with Crippen LogP contribution < -0.4 is 0 Å². The third-order valence-electron chi connectivity index (χ3n) is 5.62. The number of Topliss-reactive ketones (excluding diaryl/α,β-unsaturated/α-hetero) is 1. The number of carbonyl (C=O) groups is 3. The number of aromatic nitrogens is 1. The van der Waals surface area contributed by atoms with Crippen LogP contribution in [0, 0.1) is 5.41 Å². The Morgan fingerprint density at radius 3 is 2.44 bits per heavy atom. The average Bonchev–Trinajstić information content (AvgIpc) is 2.96. The van der Waals surface area contributed by atoms with Crippen molar-refractivity contribution < 1.29 is 24.6 Å². The van der Waals surface area contributed by atoms with E-state index in [4.69, 9.17) is 9.90 Å². The lowest BCUT2D eigenvalue weighted by molar-refractivity contribution is -0.154. The number of carboxylic acid groups (broad SMARTS) is 1. The highest BCUT2D eigenvalue weighted by Gasteiger charge is 2.47. The Bertz CT molecular complexity index is 692. The molecule has 2 aliphatic heterocycles. The molecule has 2 fully saturated rings. The van der Waals surface area contributed by atoms with Crippen molar-refractivity contribution >= 4 is 18.2 Å². The molecule has 1 unspecified atom stereocenters. The van der Waals surface area contributed by atoms with Crippen LogP contribution in [0.15, 0.2) is 12.3 Å². The lowest BCUT2D eigenvalue weighted by Crippen LogP contribution is -2.56. The number of carbonyl (C=O) groups excluding carboxylic acids is 2. The highest BCUT2D eigenvalue weighted by Crippen LogP contribution is 2.40. The molecule has 1 spiro atoms. The van der Waals surface area contributed by atoms with Gasteiger partial charge < -0.3 is 19.7 Å². The van der Waals surface area contributed by atoms with E-state index in [0.29, 0.717) is 13.0 Å². The monoisotopic (exact) mass is 379 g/mol. The molecule has 1 atom stereocenters. The third kappa shape index (κ3) is 4.75. The number of aryl methyl sites for hydroxylation is 1. The summed E-state index contributed by atoms with van der Waals surface area (Å²) in [5, 5.41) is 17.0. The molecule has 2 aliphatic rings. The first-order valence-corrected chi connectivity index (χ1v) is 9.12. The topological polar surface area (TPSA) is 103 Å². The van der Waals surface area contributed by atoms with Crippen molar-refractivity contribution in [2.45, 2.75) is 38.8 Å². The molecule has 2 N–H and O–H groups in total. The molecule has 150 valence electrons. The van der Waals surface area contributed by atoms with Crippen LogP contribution in [0.1, 0.15) is 42.2 Å². The van der Waals surface area contributed by atoms with Gasteiger partial charge in [-0.2, -0.15) is 0 Å². The molecule has 3 heterocycles. The summed E-state index contributed by atoms with van der Waals surface area (Å²) < 4.78 is 2.00. The van der Waals surface area contributed by atoms with E-state index in [0.717, 1.165) is 43.7 Å². The van der Waals surface area contributed by atoms with Gasteiger partial charge in [0.25, 0.3) is 6.47 Å². The van der Waals surface area contributed by atoms with Gasteiger partial charge in [-0.25, -0.2) is 0 Å². The molecule has 0 aromatic carbocycles. The zero-order valence-corrected chi connectivity index (χ0v) is 16.2. The number of likely N-dealkylation sites (tertiary alicyclic amines) is 2. The number of ketones is 1. The first-order valence-electron chi connectivity index (χ1n) is 9.12. The SMILES string of the molecule is CC(=O)c1cc(CN2CCC3(CC2)CC(O)CN(C)C3=O)n(C)c1.O=CO. The first kappa shape index (κ1) is 21.1. The number of β-amino-alcohol motifs (C(OH)–C–C–N with tert-alkyl or cyclic N) is 1. The number of aliphatic hydroxyl groups excluding tert-OH is 1. The molecule has 0 radical (unpaired) electrons. The molecular formula is C19H29N3O5. The molecule has 0 bridgehead atoms. The second-order valence-corrected chi connectivity index (χ2v) is 7.59. The number of rotatable bonds is 3. The molecule has 3 rings (SSSR count). The fourth-order valence-corrected chi connectivity index (χ4v) is 4.15. The maximum absolute atomic E-state index is 12.6. The van der Waals surface area contributed by atoms with Crippen LogP contribution >= 0.6 is 0 Å². The second kappa shape index (κ2) is 8.67. The summed E-state index contributed by atoms with van der Waals surface area (Å²) in [5.74, 6) is 0.268. The molecule has 8 heteroatoms. The van der Waals surface area contributed by atoms with Crippen LogP contribution in [0.5, 0.6) is 0 Å². The van der Waals surface area contributed by atoms with Crippen molar-refractivity contribution in [1.82, 2.24) is 14.4 Å². The number of likely N-dealkylation sites (N-methyl/N-ethyl adjacent to an activating group) is 1. The van der Waals surface area contributed by atoms with E-state index in [2.05, 4.69) is 4.90 Å². The number of aliphatic hydroxyl groups is 1. The van der Waals surface area contributed by atoms with Crippen molar-refractivity contribution in [1.29, 1.82) is 0 Å². The standard InChI is InChI=1S/C18H27N3O3.CH2O2/c1-13(22)14-8-15(19(2)10-14)11-21-6-4-18(5-7-21)9-16(23)12-20(3)17(18)24;2-1-3/h8,10,16,23H,4-7,9,11-12H2,1-3H3;1H,(H,2,3). The fraction of sp³-hybridized carbons (Fsp3) is 0.632. The van der Waals surface area contributed by atoms with E-state index >= 15 is 0 Å². The molecule has 27 heavy (non-hydrogen) atoms. The fourth-order valence-electron chi connectivity index (χ4n) is 4.15. The van der Waals surface area contributed by atoms with Gasteiger partial charge in [-0.15, -0.1) is 0 Å². The maximum atomic E-state index is 12.6. The van der Waals surface area contributed by atoms with Crippen LogP contribution in [0.4, 0.5) is 0 Å². The second-order valence-electron chi connectivity index (χ2n) is 7.59. The first-order chi connectivity index (χ1) is 12.7. The predicted molar refractivity (Wildman–Crippen MR) is 99.3 cm³/mol. The van der Waals surface area contributed by atoms with Crippen LogP contribution in [0.2, 0.25) is 0 Å². The van der Waals surface area contributed by atoms with Gasteiger partial charge in [-0.05, 0) is 45.3 Å². The summed E-state index contributed by atoms with van der Waals surface area (Å²) in [4.78, 5) is 36.5. The van der Waals surface area contributed by atoms with Crippen LogP contribution in [-0.4, -0.2) is 75.5 Å². The number of hydrogen-bond acceptors (Lipinski definition) is 5. The van der Waals surface area contributed by atoms with E-state index in [1.165, 1.54) is 0 Å². The van der Waals surface area contributed by atoms with Crippen molar-refractivity contribution in [3.8, 4) is 0 Å². The molecule has 1 amide bonds. The van der Waals surface area contributed by atoms with Gasteiger partial charge >= 0.3 is 0 Å². The van der Waals surface area contributed by atoms with Crippen LogP contribution in [-0.2, 0) is 23.2 Å². The van der Waals surface area contributed by atoms with Gasteiger partial charge in [0.2, 0.25) is 5.91 Å². The van der Waals surface area contributed by atoms with Crippen molar-refractivity contribution in [2.24, 2.45) is 12.5 Å². The smallest absolute Gasteiger partial charge is 0.290 e. The lowest BCUT2D eigenvalue weighted by atomic mass is 9.71. The molecule has 0 aliphatic carbocycles. The molecule has 1 aromatic rings. The Kier molecular flexibility index (Phi) is 6.78. The minimum atomic E-state index is -0.412. The Morgan fingerprint density at radius 2 is 1.93 bits per heavy atom. The van der Waals surface area contributed by atoms with E-state index in [1.54, 1.807) is 18.9 Å². The van der Waals surface area contributed by atoms with Crippen molar-refractivity contribution in [3.05, 3.63) is 23.5 Å². The normalized spacial score (nSPS) is 22.3. The molecule has 2 saturated heterocycles. The summed E-state index contributed by atoms with van der Waals surface area (Å²) in [6, 6.07) is 1.95. The van der Waals surface area contributed by atoms with Gasteiger partial charge in [0.05, 0.1) is 11.5 Å². The molecule has 1 aromatic heterocycles.